The van der Waals surface area contributed by atoms with E-state index in [1.54, 1.807) is 38.1 Å². The largest absolute Gasteiger partial charge is 0.487 e. The number of para-hydroxylation sites is 1. The average molecular weight is 360 g/mol. The van der Waals surface area contributed by atoms with E-state index in [-0.39, 0.29) is 11.7 Å². The van der Waals surface area contributed by atoms with Crippen molar-refractivity contribution in [1.29, 1.82) is 0 Å². The summed E-state index contributed by atoms with van der Waals surface area (Å²) in [6.07, 6.45) is 0. The second kappa shape index (κ2) is 6.50. The quantitative estimate of drug-likeness (QED) is 0.724. The number of carbonyl (C=O) groups excluding carboxylic acids is 2. The lowest BCUT2D eigenvalue weighted by atomic mass is 9.89. The Morgan fingerprint density at radius 3 is 2.44 bits per heavy atom. The highest BCUT2D eigenvalue weighted by Gasteiger charge is 2.46. The monoisotopic (exact) mass is 360 g/mol. The van der Waals surface area contributed by atoms with Gasteiger partial charge in [-0.05, 0) is 43.7 Å². The van der Waals surface area contributed by atoms with Crippen LogP contribution in [0.25, 0.3) is 10.9 Å². The SMILES string of the molecule is CC1(C)NC(=O)C(c2ccc(OCc3ccc4ccccc4n3)cc2)C1=O. The molecule has 4 rings (SSSR count). The fourth-order valence-electron chi connectivity index (χ4n) is 3.33. The number of nitrogens with zero attached hydrogens (tertiary/aromatic N) is 1. The van der Waals surface area contributed by atoms with Crippen LogP contribution in [0.5, 0.6) is 5.75 Å². The van der Waals surface area contributed by atoms with Crippen LogP contribution in [0.3, 0.4) is 0 Å². The Labute approximate surface area is 157 Å². The van der Waals surface area contributed by atoms with E-state index in [9.17, 15) is 9.59 Å². The molecule has 27 heavy (non-hydrogen) atoms. The minimum atomic E-state index is -0.821. The molecule has 3 aromatic rings. The van der Waals surface area contributed by atoms with Gasteiger partial charge in [0.1, 0.15) is 18.3 Å². The smallest absolute Gasteiger partial charge is 0.235 e. The topological polar surface area (TPSA) is 68.3 Å². The molecule has 5 nitrogen and oxygen atoms in total. The number of ether oxygens (including phenoxy) is 1. The van der Waals surface area contributed by atoms with E-state index in [0.717, 1.165) is 16.6 Å². The maximum absolute atomic E-state index is 12.4. The Kier molecular flexibility index (Phi) is 4.15. The Balaban J connectivity index is 1.46. The Bertz CT molecular complexity index is 1030. The summed E-state index contributed by atoms with van der Waals surface area (Å²) in [6.45, 7) is 3.79. The predicted octanol–water partition coefficient (Wildman–Crippen LogP) is 3.37. The standard InChI is InChI=1S/C22H20N2O3/c1-22(2)20(25)19(21(26)24-22)15-8-11-17(12-9-15)27-13-16-10-7-14-5-3-4-6-18(14)23-16/h3-12,19H,13H2,1-2H3,(H,24,26). The fourth-order valence-corrected chi connectivity index (χ4v) is 3.33. The first-order chi connectivity index (χ1) is 12.9. The highest BCUT2D eigenvalue weighted by Crippen LogP contribution is 2.30. The second-order valence-electron chi connectivity index (χ2n) is 7.26. The minimum absolute atomic E-state index is 0.110. The summed E-state index contributed by atoms with van der Waals surface area (Å²) in [6, 6.07) is 19.0. The molecule has 5 heteroatoms. The molecule has 136 valence electrons. The summed E-state index contributed by atoms with van der Waals surface area (Å²) in [5.41, 5.74) is 1.63. The van der Waals surface area contributed by atoms with Crippen LogP contribution >= 0.6 is 0 Å². The van der Waals surface area contributed by atoms with Crippen molar-refractivity contribution in [3.05, 3.63) is 71.9 Å². The van der Waals surface area contributed by atoms with Gasteiger partial charge in [-0.25, -0.2) is 4.98 Å². The molecule has 0 spiro atoms. The van der Waals surface area contributed by atoms with Crippen LogP contribution in [0.2, 0.25) is 0 Å². The van der Waals surface area contributed by atoms with E-state index in [1.165, 1.54) is 0 Å². The van der Waals surface area contributed by atoms with Crippen LogP contribution in [-0.4, -0.2) is 22.2 Å². The summed E-state index contributed by atoms with van der Waals surface area (Å²) in [4.78, 5) is 29.1. The molecule has 0 saturated carbocycles. The molecule has 2 aromatic carbocycles. The molecule has 1 aliphatic heterocycles. The normalized spacial score (nSPS) is 18.5. The first-order valence-corrected chi connectivity index (χ1v) is 8.88. The van der Waals surface area contributed by atoms with Crippen LogP contribution in [0, 0.1) is 0 Å². The number of nitrogens with one attached hydrogen (secondary N) is 1. The number of fused-ring (bicyclic) bond motifs is 1. The second-order valence-corrected chi connectivity index (χ2v) is 7.26. The highest BCUT2D eigenvalue weighted by molar-refractivity contribution is 6.16. The van der Waals surface area contributed by atoms with Crippen LogP contribution in [0.15, 0.2) is 60.7 Å². The van der Waals surface area contributed by atoms with Crippen molar-refractivity contribution in [2.45, 2.75) is 31.9 Å². The number of hydrogen-bond donors (Lipinski definition) is 1. The lowest BCUT2D eigenvalue weighted by Crippen LogP contribution is -2.39. The Morgan fingerprint density at radius 1 is 1.00 bits per heavy atom. The van der Waals surface area contributed by atoms with Gasteiger partial charge in [-0.2, -0.15) is 0 Å². The van der Waals surface area contributed by atoms with Gasteiger partial charge < -0.3 is 10.1 Å². The number of ketones is 1. The molecule has 1 aromatic heterocycles. The van der Waals surface area contributed by atoms with Crippen molar-refractivity contribution in [1.82, 2.24) is 10.3 Å². The highest BCUT2D eigenvalue weighted by atomic mass is 16.5. The molecule has 1 N–H and O–H groups in total. The van der Waals surface area contributed by atoms with E-state index in [0.29, 0.717) is 17.9 Å². The summed E-state index contributed by atoms with van der Waals surface area (Å²) in [7, 11) is 0. The molecule has 1 amide bonds. The van der Waals surface area contributed by atoms with Gasteiger partial charge in [0.25, 0.3) is 0 Å². The number of benzene rings is 2. The molecule has 1 aliphatic rings. The molecular weight excluding hydrogens is 340 g/mol. The van der Waals surface area contributed by atoms with Gasteiger partial charge in [-0.1, -0.05) is 36.4 Å². The molecule has 2 heterocycles. The van der Waals surface area contributed by atoms with E-state index in [4.69, 9.17) is 4.74 Å². The fraction of sp³-hybridized carbons (Fsp3) is 0.227. The third kappa shape index (κ3) is 3.28. The van der Waals surface area contributed by atoms with Gasteiger partial charge in [0, 0.05) is 5.39 Å². The predicted molar refractivity (Wildman–Crippen MR) is 102 cm³/mol. The van der Waals surface area contributed by atoms with Crippen LogP contribution in [0.1, 0.15) is 31.0 Å². The average Bonchev–Trinajstić information content (AvgIpc) is 2.87. The van der Waals surface area contributed by atoms with Crippen molar-refractivity contribution >= 4 is 22.6 Å². The van der Waals surface area contributed by atoms with Crippen molar-refractivity contribution in [2.24, 2.45) is 0 Å². The molecular formula is C22H20N2O3. The zero-order valence-electron chi connectivity index (χ0n) is 15.2. The first kappa shape index (κ1) is 17.2. The zero-order valence-corrected chi connectivity index (χ0v) is 15.2. The Hall–Kier alpha value is -3.21. The summed E-state index contributed by atoms with van der Waals surface area (Å²) in [5.74, 6) is -0.449. The molecule has 1 fully saturated rings. The van der Waals surface area contributed by atoms with Crippen LogP contribution in [0.4, 0.5) is 0 Å². The number of amides is 1. The summed E-state index contributed by atoms with van der Waals surface area (Å²) < 4.78 is 5.81. The number of Topliss-reactive ketones (excluding diaryl/α,β-unsaturated/α-hetero) is 1. The summed E-state index contributed by atoms with van der Waals surface area (Å²) >= 11 is 0. The van der Waals surface area contributed by atoms with Crippen molar-refractivity contribution in [3.63, 3.8) is 0 Å². The summed E-state index contributed by atoms with van der Waals surface area (Å²) in [5, 5.41) is 3.83. The van der Waals surface area contributed by atoms with E-state index < -0.39 is 11.5 Å². The number of pyridine rings is 1. The van der Waals surface area contributed by atoms with Gasteiger partial charge in [0.05, 0.1) is 16.7 Å². The van der Waals surface area contributed by atoms with Gasteiger partial charge in [0.2, 0.25) is 5.91 Å². The van der Waals surface area contributed by atoms with Crippen molar-refractivity contribution < 1.29 is 14.3 Å². The number of rotatable bonds is 4. The molecule has 1 atom stereocenters. The molecule has 0 bridgehead atoms. The molecule has 0 aliphatic carbocycles. The number of aromatic nitrogens is 1. The van der Waals surface area contributed by atoms with Gasteiger partial charge in [-0.15, -0.1) is 0 Å². The van der Waals surface area contributed by atoms with Crippen molar-refractivity contribution in [3.8, 4) is 5.75 Å². The Morgan fingerprint density at radius 2 is 1.74 bits per heavy atom. The number of hydrogen-bond acceptors (Lipinski definition) is 4. The molecule has 1 saturated heterocycles. The third-order valence-corrected chi connectivity index (χ3v) is 4.83. The maximum Gasteiger partial charge on any atom is 0.235 e. The van der Waals surface area contributed by atoms with Crippen LogP contribution in [-0.2, 0) is 16.2 Å². The van der Waals surface area contributed by atoms with E-state index in [2.05, 4.69) is 10.3 Å². The lowest BCUT2D eigenvalue weighted by Gasteiger charge is -2.15. The lowest BCUT2D eigenvalue weighted by molar-refractivity contribution is -0.125. The van der Waals surface area contributed by atoms with E-state index >= 15 is 0 Å². The molecule has 0 radical (unpaired) electrons. The van der Waals surface area contributed by atoms with E-state index in [1.807, 2.05) is 36.4 Å². The molecule has 1 unspecified atom stereocenters. The van der Waals surface area contributed by atoms with Crippen LogP contribution < -0.4 is 10.1 Å². The van der Waals surface area contributed by atoms with Gasteiger partial charge >= 0.3 is 0 Å². The maximum atomic E-state index is 12.4. The number of carbonyl (C=O) groups is 2. The van der Waals surface area contributed by atoms with Crippen molar-refractivity contribution in [2.75, 3.05) is 0 Å². The minimum Gasteiger partial charge on any atom is -0.487 e. The zero-order chi connectivity index (χ0) is 19.0. The van der Waals surface area contributed by atoms with Gasteiger partial charge in [0.15, 0.2) is 5.78 Å². The van der Waals surface area contributed by atoms with Gasteiger partial charge in [-0.3, -0.25) is 9.59 Å². The third-order valence-electron chi connectivity index (χ3n) is 4.83. The first-order valence-electron chi connectivity index (χ1n) is 8.88.